The maximum Gasteiger partial charge on any atom is 0.152 e. The number of fused-ring (bicyclic) bond motifs is 3. The van der Waals surface area contributed by atoms with Crippen LogP contribution in [0.1, 0.15) is 12.7 Å². The van der Waals surface area contributed by atoms with E-state index in [1.165, 1.54) is 0 Å². The lowest BCUT2D eigenvalue weighted by atomic mass is 10.1. The maximum absolute atomic E-state index is 6.21. The average Bonchev–Trinajstić information content (AvgIpc) is 3.24. The van der Waals surface area contributed by atoms with Crippen LogP contribution < -0.4 is 5.73 Å². The normalized spacial score (nSPS) is 11.8. The number of aromatic nitrogens is 5. The van der Waals surface area contributed by atoms with Gasteiger partial charge in [-0.2, -0.15) is 5.10 Å². The van der Waals surface area contributed by atoms with Crippen molar-refractivity contribution >= 4 is 27.8 Å². The Labute approximate surface area is 145 Å². The Morgan fingerprint density at radius 1 is 1.24 bits per heavy atom. The predicted molar refractivity (Wildman–Crippen MR) is 100 cm³/mol. The van der Waals surface area contributed by atoms with Crippen molar-refractivity contribution in [3.8, 4) is 11.3 Å². The second-order valence-electron chi connectivity index (χ2n) is 6.30. The summed E-state index contributed by atoms with van der Waals surface area (Å²) in [5, 5.41) is 8.12. The number of hydrogen-bond donors (Lipinski definition) is 2. The fraction of sp³-hybridized carbons (Fsp3) is 0.278. The summed E-state index contributed by atoms with van der Waals surface area (Å²) >= 11 is 0. The molecule has 4 rings (SSSR count). The van der Waals surface area contributed by atoms with Crippen LogP contribution in [0.5, 0.6) is 0 Å². The first-order valence-corrected chi connectivity index (χ1v) is 8.31. The van der Waals surface area contributed by atoms with E-state index in [1.54, 1.807) is 0 Å². The Balaban J connectivity index is 1.93. The third-order valence-electron chi connectivity index (χ3n) is 4.67. The summed E-state index contributed by atoms with van der Waals surface area (Å²) in [6.45, 7) is 3.86. The van der Waals surface area contributed by atoms with Gasteiger partial charge in [-0.1, -0.05) is 13.0 Å². The average molecular weight is 335 g/mol. The van der Waals surface area contributed by atoms with Crippen LogP contribution in [0.3, 0.4) is 0 Å². The minimum Gasteiger partial charge on any atom is -0.382 e. The van der Waals surface area contributed by atoms with E-state index in [1.807, 2.05) is 25.4 Å². The van der Waals surface area contributed by atoms with Crippen molar-refractivity contribution in [3.05, 3.63) is 36.3 Å². The summed E-state index contributed by atoms with van der Waals surface area (Å²) in [4.78, 5) is 11.5. The van der Waals surface area contributed by atoms with Gasteiger partial charge in [0.25, 0.3) is 0 Å². The van der Waals surface area contributed by atoms with Crippen molar-refractivity contribution in [2.24, 2.45) is 7.05 Å². The van der Waals surface area contributed by atoms with Crippen LogP contribution in [0.2, 0.25) is 0 Å². The number of pyridine rings is 1. The van der Waals surface area contributed by atoms with Crippen LogP contribution >= 0.6 is 0 Å². The highest BCUT2D eigenvalue weighted by Gasteiger charge is 2.16. The van der Waals surface area contributed by atoms with Gasteiger partial charge in [0.05, 0.1) is 23.3 Å². The largest absolute Gasteiger partial charge is 0.382 e. The van der Waals surface area contributed by atoms with Crippen LogP contribution in [0.4, 0.5) is 5.82 Å². The number of benzene rings is 1. The molecule has 0 saturated carbocycles. The maximum atomic E-state index is 6.21. The van der Waals surface area contributed by atoms with Gasteiger partial charge in [-0.05, 0) is 31.8 Å². The van der Waals surface area contributed by atoms with E-state index in [9.17, 15) is 0 Å². The lowest BCUT2D eigenvalue weighted by molar-refractivity contribution is 0.333. The van der Waals surface area contributed by atoms with Crippen LogP contribution in [0.25, 0.3) is 33.2 Å². The lowest BCUT2D eigenvalue weighted by Gasteiger charge is -2.13. The number of rotatable bonds is 4. The minimum absolute atomic E-state index is 0.461. The second kappa shape index (κ2) is 5.86. The van der Waals surface area contributed by atoms with E-state index >= 15 is 0 Å². The summed E-state index contributed by atoms with van der Waals surface area (Å²) in [6.07, 6.45) is 1.81. The van der Waals surface area contributed by atoms with Gasteiger partial charge in [0.2, 0.25) is 0 Å². The molecule has 4 aromatic rings. The van der Waals surface area contributed by atoms with Crippen molar-refractivity contribution in [2.45, 2.75) is 13.5 Å². The van der Waals surface area contributed by atoms with Gasteiger partial charge in [0.1, 0.15) is 11.3 Å². The van der Waals surface area contributed by atoms with Crippen LogP contribution in [0, 0.1) is 0 Å². The minimum atomic E-state index is 0.461. The molecule has 3 N–H and O–H groups in total. The lowest BCUT2D eigenvalue weighted by Crippen LogP contribution is -2.19. The van der Waals surface area contributed by atoms with Crippen molar-refractivity contribution < 1.29 is 0 Å². The standard InChI is InChI=1S/C18H21N7/c1-4-24(2)10-15-22-16-17(25(15)3)12-6-5-11(13-7-8-20-23-13)9-14(12)21-18(16)19/h5-9H,4,10H2,1-3H3,(H2,19,21)(H,20,23). The van der Waals surface area contributed by atoms with Gasteiger partial charge in [-0.15, -0.1) is 0 Å². The Kier molecular flexibility index (Phi) is 3.65. The van der Waals surface area contributed by atoms with Crippen LogP contribution in [0.15, 0.2) is 30.5 Å². The number of imidazole rings is 1. The SMILES string of the molecule is CCN(C)Cc1nc2c(N)nc3cc(-c4cc[nH]n4)ccc3c2n1C. The third kappa shape index (κ3) is 2.53. The molecule has 1 aromatic carbocycles. The zero-order chi connectivity index (χ0) is 17.6. The molecule has 7 heteroatoms. The number of aryl methyl sites for hydroxylation is 1. The molecule has 0 aliphatic carbocycles. The Hall–Kier alpha value is -2.93. The molecule has 0 saturated heterocycles. The molecular weight excluding hydrogens is 314 g/mol. The molecule has 0 spiro atoms. The molecule has 7 nitrogen and oxygen atoms in total. The monoisotopic (exact) mass is 335 g/mol. The predicted octanol–water partition coefficient (Wildman–Crippen LogP) is 2.55. The number of aromatic amines is 1. The summed E-state index contributed by atoms with van der Waals surface area (Å²) in [5.74, 6) is 1.44. The van der Waals surface area contributed by atoms with Gasteiger partial charge in [0, 0.05) is 24.2 Å². The van der Waals surface area contributed by atoms with E-state index in [4.69, 9.17) is 10.7 Å². The molecular formula is C18H21N7. The first-order valence-electron chi connectivity index (χ1n) is 8.31. The topological polar surface area (TPSA) is 88.7 Å². The summed E-state index contributed by atoms with van der Waals surface area (Å²) in [6, 6.07) is 8.09. The van der Waals surface area contributed by atoms with E-state index in [0.29, 0.717) is 5.82 Å². The zero-order valence-corrected chi connectivity index (χ0v) is 14.6. The molecule has 0 bridgehead atoms. The fourth-order valence-electron chi connectivity index (χ4n) is 3.11. The third-order valence-corrected chi connectivity index (χ3v) is 4.67. The van der Waals surface area contributed by atoms with Crippen molar-refractivity contribution in [1.29, 1.82) is 0 Å². The Morgan fingerprint density at radius 2 is 2.08 bits per heavy atom. The van der Waals surface area contributed by atoms with E-state index < -0.39 is 0 Å². The molecule has 0 radical (unpaired) electrons. The van der Waals surface area contributed by atoms with E-state index in [2.05, 4.69) is 50.8 Å². The number of anilines is 1. The molecule has 128 valence electrons. The molecule has 0 aliphatic heterocycles. The summed E-state index contributed by atoms with van der Waals surface area (Å²) < 4.78 is 2.12. The highest BCUT2D eigenvalue weighted by molar-refractivity contribution is 6.07. The number of nitrogens with two attached hydrogens (primary N) is 1. The molecule has 0 aliphatic rings. The molecule has 0 atom stereocenters. The molecule has 25 heavy (non-hydrogen) atoms. The van der Waals surface area contributed by atoms with Gasteiger partial charge < -0.3 is 10.3 Å². The molecule has 0 fully saturated rings. The molecule has 0 amide bonds. The Bertz CT molecular complexity index is 1050. The van der Waals surface area contributed by atoms with Crippen molar-refractivity contribution in [3.63, 3.8) is 0 Å². The van der Waals surface area contributed by atoms with Gasteiger partial charge in [-0.25, -0.2) is 9.97 Å². The molecule has 3 aromatic heterocycles. The zero-order valence-electron chi connectivity index (χ0n) is 14.6. The summed E-state index contributed by atoms with van der Waals surface area (Å²) in [7, 11) is 4.11. The number of nitrogens with one attached hydrogen (secondary N) is 1. The molecule has 0 unspecified atom stereocenters. The smallest absolute Gasteiger partial charge is 0.152 e. The fourth-order valence-corrected chi connectivity index (χ4v) is 3.11. The van der Waals surface area contributed by atoms with Crippen LogP contribution in [-0.4, -0.2) is 43.2 Å². The van der Waals surface area contributed by atoms with E-state index in [-0.39, 0.29) is 0 Å². The highest BCUT2D eigenvalue weighted by Crippen LogP contribution is 2.30. The number of H-pyrrole nitrogens is 1. The van der Waals surface area contributed by atoms with Gasteiger partial charge in [0.15, 0.2) is 5.82 Å². The van der Waals surface area contributed by atoms with Crippen molar-refractivity contribution in [2.75, 3.05) is 19.3 Å². The summed E-state index contributed by atoms with van der Waals surface area (Å²) in [5.41, 5.74) is 10.7. The first-order chi connectivity index (χ1) is 12.1. The van der Waals surface area contributed by atoms with E-state index in [0.717, 1.165) is 52.1 Å². The van der Waals surface area contributed by atoms with Crippen LogP contribution in [-0.2, 0) is 13.6 Å². The number of hydrogen-bond acceptors (Lipinski definition) is 5. The van der Waals surface area contributed by atoms with Gasteiger partial charge in [-0.3, -0.25) is 10.00 Å². The van der Waals surface area contributed by atoms with Gasteiger partial charge >= 0.3 is 0 Å². The first kappa shape index (κ1) is 15.6. The Morgan fingerprint density at radius 3 is 2.80 bits per heavy atom. The quantitative estimate of drug-likeness (QED) is 0.598. The number of nitrogen functional groups attached to an aromatic ring is 1. The second-order valence-corrected chi connectivity index (χ2v) is 6.30. The number of nitrogens with zero attached hydrogens (tertiary/aromatic N) is 5. The highest BCUT2D eigenvalue weighted by atomic mass is 15.2. The van der Waals surface area contributed by atoms with Crippen molar-refractivity contribution in [1.82, 2.24) is 29.6 Å². The molecule has 3 heterocycles.